The van der Waals surface area contributed by atoms with E-state index in [0.717, 1.165) is 24.8 Å². The molecule has 3 heteroatoms. The van der Waals surface area contributed by atoms with Gasteiger partial charge in [-0.05, 0) is 33.6 Å². The molecule has 1 aromatic carbocycles. The fraction of sp³-hybridized carbons (Fsp3) is 0.562. The summed E-state index contributed by atoms with van der Waals surface area (Å²) in [6.45, 7) is 6.43. The van der Waals surface area contributed by atoms with Gasteiger partial charge in [-0.15, -0.1) is 0 Å². The van der Waals surface area contributed by atoms with Crippen LogP contribution in [0.4, 0.5) is 0 Å². The van der Waals surface area contributed by atoms with E-state index in [4.69, 9.17) is 9.78 Å². The zero-order valence-corrected chi connectivity index (χ0v) is 12.1. The van der Waals surface area contributed by atoms with Gasteiger partial charge in [-0.1, -0.05) is 36.8 Å². The summed E-state index contributed by atoms with van der Waals surface area (Å²) >= 11 is 0. The highest BCUT2D eigenvalue weighted by atomic mass is 17.2. The molecule has 0 atom stereocenters. The summed E-state index contributed by atoms with van der Waals surface area (Å²) in [4.78, 5) is 22.1. The van der Waals surface area contributed by atoms with Gasteiger partial charge in [-0.2, -0.15) is 0 Å². The van der Waals surface area contributed by atoms with Crippen LogP contribution in [0.3, 0.4) is 0 Å². The predicted octanol–water partition coefficient (Wildman–Crippen LogP) is 4.18. The summed E-state index contributed by atoms with van der Waals surface area (Å²) in [5, 5.41) is 0. The van der Waals surface area contributed by atoms with Crippen LogP contribution < -0.4 is 0 Å². The van der Waals surface area contributed by atoms with Crippen molar-refractivity contribution in [2.45, 2.75) is 52.1 Å². The van der Waals surface area contributed by atoms with Gasteiger partial charge in [-0.25, -0.2) is 9.78 Å². The summed E-state index contributed by atoms with van der Waals surface area (Å²) in [6, 6.07) is 9.43. The first-order chi connectivity index (χ1) is 8.99. The zero-order chi connectivity index (χ0) is 14.1. The van der Waals surface area contributed by atoms with Crippen molar-refractivity contribution in [1.82, 2.24) is 0 Å². The highest BCUT2D eigenvalue weighted by molar-refractivity contribution is 5.95. The molecule has 1 rings (SSSR count). The molecule has 0 saturated heterocycles. The summed E-state index contributed by atoms with van der Waals surface area (Å²) in [5.41, 5.74) is 0.540. The molecule has 3 nitrogen and oxygen atoms in total. The molecule has 0 spiro atoms. The van der Waals surface area contributed by atoms with Gasteiger partial charge in [0.05, 0.1) is 12.2 Å². The lowest BCUT2D eigenvalue weighted by Gasteiger charge is -2.17. The van der Waals surface area contributed by atoms with Gasteiger partial charge in [0.15, 0.2) is 5.78 Å². The van der Waals surface area contributed by atoms with Crippen LogP contribution >= 0.6 is 0 Å². The Hall–Kier alpha value is -1.19. The lowest BCUT2D eigenvalue weighted by atomic mass is 10.1. The number of carbonyl (C=O) groups excluding carboxylic acids is 1. The maximum Gasteiger partial charge on any atom is 0.162 e. The van der Waals surface area contributed by atoms with E-state index in [1.807, 2.05) is 51.1 Å². The summed E-state index contributed by atoms with van der Waals surface area (Å²) in [5.74, 6) is 0.215. The molecule has 0 heterocycles. The van der Waals surface area contributed by atoms with Gasteiger partial charge < -0.3 is 0 Å². The number of rotatable bonds is 8. The van der Waals surface area contributed by atoms with Gasteiger partial charge in [-0.3, -0.25) is 4.79 Å². The van der Waals surface area contributed by atoms with Gasteiger partial charge in [0, 0.05) is 12.0 Å². The maximum atomic E-state index is 11.8. The molecule has 1 aromatic rings. The van der Waals surface area contributed by atoms with Gasteiger partial charge in [0.2, 0.25) is 0 Å². The molecule has 0 N–H and O–H groups in total. The van der Waals surface area contributed by atoms with Crippen LogP contribution in [0.15, 0.2) is 30.3 Å². The standard InChI is InChI=1S/C16H24O3/c1-16(2,3)19-18-13-9-5-8-12-15(17)14-10-6-4-7-11-14/h4,6-7,10-11H,5,8-9,12-13H2,1-3H3. The second-order valence-electron chi connectivity index (χ2n) is 5.62. The van der Waals surface area contributed by atoms with Crippen molar-refractivity contribution in [2.24, 2.45) is 0 Å². The van der Waals surface area contributed by atoms with Crippen molar-refractivity contribution in [2.75, 3.05) is 6.61 Å². The molecular weight excluding hydrogens is 240 g/mol. The van der Waals surface area contributed by atoms with Crippen LogP contribution in [-0.2, 0) is 9.78 Å². The molecule has 19 heavy (non-hydrogen) atoms. The highest BCUT2D eigenvalue weighted by Gasteiger charge is 2.10. The van der Waals surface area contributed by atoms with E-state index in [0.29, 0.717) is 13.0 Å². The fourth-order valence-electron chi connectivity index (χ4n) is 1.61. The van der Waals surface area contributed by atoms with Crippen molar-refractivity contribution in [3.05, 3.63) is 35.9 Å². The first-order valence-corrected chi connectivity index (χ1v) is 6.88. The van der Waals surface area contributed by atoms with E-state index in [1.165, 1.54) is 0 Å². The van der Waals surface area contributed by atoms with E-state index in [9.17, 15) is 4.79 Å². The molecule has 0 fully saturated rings. The van der Waals surface area contributed by atoms with Crippen LogP contribution in [0.5, 0.6) is 0 Å². The Morgan fingerprint density at radius 2 is 1.74 bits per heavy atom. The molecule has 0 aliphatic rings. The molecular formula is C16H24O3. The van der Waals surface area contributed by atoms with Crippen LogP contribution in [0.2, 0.25) is 0 Å². The van der Waals surface area contributed by atoms with Crippen LogP contribution in [0.1, 0.15) is 56.8 Å². The third kappa shape index (κ3) is 7.75. The molecule has 0 amide bonds. The molecule has 106 valence electrons. The van der Waals surface area contributed by atoms with Crippen molar-refractivity contribution in [1.29, 1.82) is 0 Å². The fourth-order valence-corrected chi connectivity index (χ4v) is 1.61. The Kier molecular flexibility index (Phi) is 6.74. The molecule has 0 unspecified atom stereocenters. The Morgan fingerprint density at radius 3 is 2.37 bits per heavy atom. The number of hydrogen-bond acceptors (Lipinski definition) is 3. The summed E-state index contributed by atoms with van der Waals surface area (Å²) < 4.78 is 0. The van der Waals surface area contributed by atoms with Crippen LogP contribution in [-0.4, -0.2) is 18.0 Å². The maximum absolute atomic E-state index is 11.8. The smallest absolute Gasteiger partial charge is 0.162 e. The van der Waals surface area contributed by atoms with Crippen LogP contribution in [0.25, 0.3) is 0 Å². The van der Waals surface area contributed by atoms with E-state index < -0.39 is 0 Å². The Morgan fingerprint density at radius 1 is 1.05 bits per heavy atom. The van der Waals surface area contributed by atoms with Gasteiger partial charge in [0.25, 0.3) is 0 Å². The average molecular weight is 264 g/mol. The van der Waals surface area contributed by atoms with Crippen LogP contribution in [0, 0.1) is 0 Å². The van der Waals surface area contributed by atoms with Crippen molar-refractivity contribution >= 4 is 5.78 Å². The number of carbonyl (C=O) groups is 1. The molecule has 0 aliphatic heterocycles. The Labute approximate surface area is 115 Å². The number of benzene rings is 1. The minimum atomic E-state index is -0.261. The first-order valence-electron chi connectivity index (χ1n) is 6.88. The lowest BCUT2D eigenvalue weighted by molar-refractivity contribution is -0.348. The minimum Gasteiger partial charge on any atom is -0.294 e. The third-order valence-electron chi connectivity index (χ3n) is 2.54. The minimum absolute atomic E-state index is 0.215. The second kappa shape index (κ2) is 8.08. The van der Waals surface area contributed by atoms with Crippen molar-refractivity contribution in [3.63, 3.8) is 0 Å². The summed E-state index contributed by atoms with van der Waals surface area (Å²) in [7, 11) is 0. The average Bonchev–Trinajstić information content (AvgIpc) is 2.37. The Balaban J connectivity index is 2.04. The zero-order valence-electron chi connectivity index (χ0n) is 12.1. The first kappa shape index (κ1) is 15.9. The van der Waals surface area contributed by atoms with E-state index >= 15 is 0 Å². The van der Waals surface area contributed by atoms with E-state index in [-0.39, 0.29) is 11.4 Å². The normalized spacial score (nSPS) is 11.5. The van der Waals surface area contributed by atoms with Gasteiger partial charge >= 0.3 is 0 Å². The number of hydrogen-bond donors (Lipinski definition) is 0. The molecule has 0 aromatic heterocycles. The highest BCUT2D eigenvalue weighted by Crippen LogP contribution is 2.10. The molecule has 0 saturated carbocycles. The largest absolute Gasteiger partial charge is 0.294 e. The monoisotopic (exact) mass is 264 g/mol. The number of unbranched alkanes of at least 4 members (excludes halogenated alkanes) is 2. The van der Waals surface area contributed by atoms with Crippen molar-refractivity contribution < 1.29 is 14.6 Å². The lowest BCUT2D eigenvalue weighted by Crippen LogP contribution is -2.19. The molecule has 0 aliphatic carbocycles. The quantitative estimate of drug-likeness (QED) is 0.306. The van der Waals surface area contributed by atoms with Gasteiger partial charge in [0.1, 0.15) is 0 Å². The van der Waals surface area contributed by atoms with Crippen molar-refractivity contribution in [3.8, 4) is 0 Å². The van der Waals surface area contributed by atoms with E-state index in [1.54, 1.807) is 0 Å². The Bertz CT molecular complexity index is 365. The number of ketones is 1. The molecule has 0 bridgehead atoms. The topological polar surface area (TPSA) is 35.5 Å². The SMILES string of the molecule is CC(C)(C)OOCCCCCC(=O)c1ccccc1. The second-order valence-corrected chi connectivity index (χ2v) is 5.62. The van der Waals surface area contributed by atoms with E-state index in [2.05, 4.69) is 0 Å². The molecule has 0 radical (unpaired) electrons. The number of Topliss-reactive ketones (excluding diaryl/α,β-unsaturated/α-hetero) is 1. The predicted molar refractivity (Wildman–Crippen MR) is 76.0 cm³/mol. The third-order valence-corrected chi connectivity index (χ3v) is 2.54. The summed E-state index contributed by atoms with van der Waals surface area (Å²) in [6.07, 6.45) is 3.39.